The van der Waals surface area contributed by atoms with Gasteiger partial charge in [0.1, 0.15) is 6.26 Å². The van der Waals surface area contributed by atoms with Crippen LogP contribution in [-0.2, 0) is 4.79 Å². The first-order valence-corrected chi connectivity index (χ1v) is 9.46. The number of nitrogens with zero attached hydrogens (tertiary/aromatic N) is 1. The molecule has 6 nitrogen and oxygen atoms in total. The summed E-state index contributed by atoms with van der Waals surface area (Å²) in [4.78, 5) is 29.3. The summed E-state index contributed by atoms with van der Waals surface area (Å²) in [5.74, 6) is -0.701. The first kappa shape index (κ1) is 17.2. The Bertz CT molecular complexity index is 858. The molecule has 3 rings (SSSR count). The van der Waals surface area contributed by atoms with Crippen molar-refractivity contribution in [3.63, 3.8) is 0 Å². The SMILES string of the molecule is CSc1ccc(-c2csc(NC(=O)CNC(=O)c3ccoc3)n2)cc1. The molecule has 0 saturated heterocycles. The molecule has 8 heteroatoms. The van der Waals surface area contributed by atoms with Crippen LogP contribution in [-0.4, -0.2) is 29.6 Å². The molecular formula is C17H15N3O3S2. The molecule has 3 aromatic rings. The van der Waals surface area contributed by atoms with E-state index in [-0.39, 0.29) is 18.4 Å². The Morgan fingerprint density at radius 3 is 2.72 bits per heavy atom. The summed E-state index contributed by atoms with van der Waals surface area (Å²) in [5.41, 5.74) is 2.16. The molecule has 2 heterocycles. The lowest BCUT2D eigenvalue weighted by atomic mass is 10.2. The number of hydrogen-bond donors (Lipinski definition) is 2. The van der Waals surface area contributed by atoms with Gasteiger partial charge >= 0.3 is 0 Å². The summed E-state index contributed by atoms with van der Waals surface area (Å²) in [7, 11) is 0. The van der Waals surface area contributed by atoms with Crippen molar-refractivity contribution >= 4 is 40.0 Å². The lowest BCUT2D eigenvalue weighted by Gasteiger charge is -2.03. The highest BCUT2D eigenvalue weighted by atomic mass is 32.2. The van der Waals surface area contributed by atoms with Crippen LogP contribution in [0.5, 0.6) is 0 Å². The van der Waals surface area contributed by atoms with E-state index in [0.717, 1.165) is 11.3 Å². The summed E-state index contributed by atoms with van der Waals surface area (Å²) in [5, 5.41) is 7.58. The summed E-state index contributed by atoms with van der Waals surface area (Å²) < 4.78 is 4.83. The lowest BCUT2D eigenvalue weighted by molar-refractivity contribution is -0.115. The number of thioether (sulfide) groups is 1. The molecule has 2 amide bonds. The highest BCUT2D eigenvalue weighted by Gasteiger charge is 2.11. The summed E-state index contributed by atoms with van der Waals surface area (Å²) in [6, 6.07) is 9.59. The number of hydrogen-bond acceptors (Lipinski definition) is 6. The van der Waals surface area contributed by atoms with Gasteiger partial charge in [-0.25, -0.2) is 4.98 Å². The summed E-state index contributed by atoms with van der Waals surface area (Å²) in [6.07, 6.45) is 4.75. The predicted molar refractivity (Wildman–Crippen MR) is 99.0 cm³/mol. The minimum atomic E-state index is -0.363. The lowest BCUT2D eigenvalue weighted by Crippen LogP contribution is -2.32. The number of carbonyl (C=O) groups excluding carboxylic acids is 2. The monoisotopic (exact) mass is 373 g/mol. The fourth-order valence-corrected chi connectivity index (χ4v) is 3.19. The van der Waals surface area contributed by atoms with Gasteiger partial charge in [0.25, 0.3) is 5.91 Å². The quantitative estimate of drug-likeness (QED) is 0.646. The zero-order valence-corrected chi connectivity index (χ0v) is 14.9. The third-order valence-electron chi connectivity index (χ3n) is 3.33. The minimum Gasteiger partial charge on any atom is -0.472 e. The predicted octanol–water partition coefficient (Wildman–Crippen LogP) is 3.49. The van der Waals surface area contributed by atoms with Crippen molar-refractivity contribution in [3.05, 3.63) is 53.8 Å². The van der Waals surface area contributed by atoms with Crippen molar-refractivity contribution in [1.29, 1.82) is 0 Å². The van der Waals surface area contributed by atoms with Gasteiger partial charge in [0.2, 0.25) is 5.91 Å². The topological polar surface area (TPSA) is 84.2 Å². The highest BCUT2D eigenvalue weighted by Crippen LogP contribution is 2.26. The molecule has 1 aromatic carbocycles. The largest absolute Gasteiger partial charge is 0.472 e. The van der Waals surface area contributed by atoms with Crippen molar-refractivity contribution in [2.75, 3.05) is 18.1 Å². The molecule has 0 bridgehead atoms. The van der Waals surface area contributed by atoms with E-state index in [0.29, 0.717) is 10.7 Å². The van der Waals surface area contributed by atoms with Crippen LogP contribution in [0.4, 0.5) is 5.13 Å². The zero-order valence-electron chi connectivity index (χ0n) is 13.3. The minimum absolute atomic E-state index is 0.138. The molecular weight excluding hydrogens is 358 g/mol. The molecule has 0 spiro atoms. The molecule has 0 atom stereocenters. The van der Waals surface area contributed by atoms with Gasteiger partial charge in [-0.2, -0.15) is 0 Å². The van der Waals surface area contributed by atoms with E-state index < -0.39 is 0 Å². The van der Waals surface area contributed by atoms with E-state index in [4.69, 9.17) is 4.42 Å². The molecule has 0 saturated carbocycles. The van der Waals surface area contributed by atoms with Crippen LogP contribution in [0.2, 0.25) is 0 Å². The molecule has 0 radical (unpaired) electrons. The maximum Gasteiger partial charge on any atom is 0.254 e. The number of anilines is 1. The average molecular weight is 373 g/mol. The number of nitrogens with one attached hydrogen (secondary N) is 2. The van der Waals surface area contributed by atoms with Gasteiger partial charge in [-0.3, -0.25) is 9.59 Å². The molecule has 0 unspecified atom stereocenters. The summed E-state index contributed by atoms with van der Waals surface area (Å²) in [6.45, 7) is -0.138. The van der Waals surface area contributed by atoms with Crippen LogP contribution in [0, 0.1) is 0 Å². The van der Waals surface area contributed by atoms with Crippen LogP contribution in [0.15, 0.2) is 57.6 Å². The van der Waals surface area contributed by atoms with Gasteiger partial charge in [0.05, 0.1) is 24.1 Å². The van der Waals surface area contributed by atoms with Crippen molar-refractivity contribution in [1.82, 2.24) is 10.3 Å². The first-order valence-electron chi connectivity index (χ1n) is 7.36. The Hall–Kier alpha value is -2.58. The Morgan fingerprint density at radius 1 is 1.24 bits per heavy atom. The molecule has 0 fully saturated rings. The van der Waals surface area contributed by atoms with Gasteiger partial charge in [0.15, 0.2) is 5.13 Å². The maximum atomic E-state index is 11.9. The number of thiazole rings is 1. The Kier molecular flexibility index (Phi) is 5.52. The Morgan fingerprint density at radius 2 is 2.04 bits per heavy atom. The molecule has 0 aliphatic heterocycles. The van der Waals surface area contributed by atoms with Gasteiger partial charge in [-0.1, -0.05) is 12.1 Å². The smallest absolute Gasteiger partial charge is 0.254 e. The van der Waals surface area contributed by atoms with E-state index in [2.05, 4.69) is 15.6 Å². The van der Waals surface area contributed by atoms with Gasteiger partial charge in [0, 0.05) is 15.8 Å². The van der Waals surface area contributed by atoms with Gasteiger partial charge < -0.3 is 15.1 Å². The van der Waals surface area contributed by atoms with Crippen LogP contribution in [0.3, 0.4) is 0 Å². The van der Waals surface area contributed by atoms with E-state index in [1.165, 1.54) is 34.8 Å². The van der Waals surface area contributed by atoms with Crippen molar-refractivity contribution < 1.29 is 14.0 Å². The Balaban J connectivity index is 1.55. The average Bonchev–Trinajstić information content (AvgIpc) is 3.32. The van der Waals surface area contributed by atoms with E-state index >= 15 is 0 Å². The first-order chi connectivity index (χ1) is 12.2. The third-order valence-corrected chi connectivity index (χ3v) is 4.83. The van der Waals surface area contributed by atoms with Crippen molar-refractivity contribution in [2.45, 2.75) is 4.90 Å². The summed E-state index contributed by atoms with van der Waals surface area (Å²) >= 11 is 3.02. The Labute approximate surface area is 152 Å². The van der Waals surface area contributed by atoms with Gasteiger partial charge in [-0.05, 0) is 24.5 Å². The second-order valence-electron chi connectivity index (χ2n) is 5.01. The zero-order chi connectivity index (χ0) is 17.6. The fourth-order valence-electron chi connectivity index (χ4n) is 2.05. The second kappa shape index (κ2) is 8.00. The molecule has 0 aliphatic carbocycles. The van der Waals surface area contributed by atoms with Crippen LogP contribution in [0.1, 0.15) is 10.4 Å². The molecule has 0 aliphatic rings. The molecule has 2 aromatic heterocycles. The second-order valence-corrected chi connectivity index (χ2v) is 6.75. The third kappa shape index (κ3) is 4.49. The van der Waals surface area contributed by atoms with Crippen molar-refractivity contribution in [3.8, 4) is 11.3 Å². The standard InChI is InChI=1S/C17H15N3O3S2/c1-24-13-4-2-11(3-5-13)14-10-25-17(19-14)20-15(21)8-18-16(22)12-6-7-23-9-12/h2-7,9-10H,8H2,1H3,(H,18,22)(H,19,20,21). The van der Waals surface area contributed by atoms with Crippen LogP contribution >= 0.6 is 23.1 Å². The van der Waals surface area contributed by atoms with Crippen LogP contribution < -0.4 is 10.6 Å². The number of carbonyl (C=O) groups is 2. The maximum absolute atomic E-state index is 11.9. The highest BCUT2D eigenvalue weighted by molar-refractivity contribution is 7.98. The van der Waals surface area contributed by atoms with E-state index in [9.17, 15) is 9.59 Å². The van der Waals surface area contributed by atoms with E-state index in [1.54, 1.807) is 11.8 Å². The molecule has 2 N–H and O–H groups in total. The molecule has 25 heavy (non-hydrogen) atoms. The van der Waals surface area contributed by atoms with Crippen LogP contribution in [0.25, 0.3) is 11.3 Å². The van der Waals surface area contributed by atoms with Crippen molar-refractivity contribution in [2.24, 2.45) is 0 Å². The number of aromatic nitrogens is 1. The number of amides is 2. The number of rotatable bonds is 6. The van der Waals surface area contributed by atoms with Gasteiger partial charge in [-0.15, -0.1) is 23.1 Å². The fraction of sp³-hybridized carbons (Fsp3) is 0.118. The molecule has 128 valence electrons. The van der Waals surface area contributed by atoms with E-state index in [1.807, 2.05) is 35.9 Å². The number of benzene rings is 1. The normalized spacial score (nSPS) is 10.4. The number of furan rings is 1.